The van der Waals surface area contributed by atoms with E-state index < -0.39 is 0 Å². The van der Waals surface area contributed by atoms with Gasteiger partial charge in [0.05, 0.1) is 5.69 Å². The molecule has 0 spiro atoms. The van der Waals surface area contributed by atoms with Gasteiger partial charge < -0.3 is 15.0 Å². The first kappa shape index (κ1) is 10.5. The molecule has 0 saturated carbocycles. The minimum Gasteiger partial charge on any atom is -0.481 e. The Balaban J connectivity index is 2.17. The Hall–Kier alpha value is -1.97. The molecule has 84 valence electrons. The summed E-state index contributed by atoms with van der Waals surface area (Å²) >= 11 is 0. The predicted molar refractivity (Wildman–Crippen MR) is 63.1 cm³/mol. The number of nitrogens with zero attached hydrogens (tertiary/aromatic N) is 2. The zero-order chi connectivity index (χ0) is 11.5. The van der Waals surface area contributed by atoms with E-state index in [1.807, 2.05) is 49.0 Å². The van der Waals surface area contributed by atoms with E-state index in [0.717, 1.165) is 5.82 Å². The minimum atomic E-state index is -0.121. The lowest BCUT2D eigenvalue weighted by atomic mass is 10.3. The molecular weight excluding hydrogens is 202 g/mol. The van der Waals surface area contributed by atoms with Crippen LogP contribution in [0.4, 0.5) is 5.69 Å². The first-order valence-electron chi connectivity index (χ1n) is 5.17. The van der Waals surface area contributed by atoms with E-state index in [4.69, 9.17) is 10.5 Å². The summed E-state index contributed by atoms with van der Waals surface area (Å²) in [6, 6.07) is 7.46. The average molecular weight is 217 g/mol. The van der Waals surface area contributed by atoms with Crippen LogP contribution >= 0.6 is 0 Å². The third-order valence-corrected chi connectivity index (χ3v) is 2.44. The van der Waals surface area contributed by atoms with Crippen molar-refractivity contribution in [2.75, 3.05) is 5.73 Å². The number of anilines is 1. The van der Waals surface area contributed by atoms with Gasteiger partial charge >= 0.3 is 0 Å². The number of nitrogen functional groups attached to an aromatic ring is 1. The molecule has 4 nitrogen and oxygen atoms in total. The quantitative estimate of drug-likeness (QED) is 0.801. The highest BCUT2D eigenvalue weighted by molar-refractivity contribution is 5.51. The maximum atomic E-state index is 5.81. The molecule has 0 aliphatic carbocycles. The number of aromatic nitrogens is 2. The van der Waals surface area contributed by atoms with E-state index in [9.17, 15) is 0 Å². The van der Waals surface area contributed by atoms with Crippen molar-refractivity contribution in [3.8, 4) is 5.75 Å². The molecule has 2 aromatic rings. The van der Waals surface area contributed by atoms with Crippen LogP contribution in [0.3, 0.4) is 0 Å². The summed E-state index contributed by atoms with van der Waals surface area (Å²) in [7, 11) is 1.94. The zero-order valence-corrected chi connectivity index (χ0v) is 9.42. The van der Waals surface area contributed by atoms with Gasteiger partial charge in [0.15, 0.2) is 6.10 Å². The molecule has 2 N–H and O–H groups in total. The molecule has 0 radical (unpaired) electrons. The standard InChI is InChI=1S/C12H15N3O/c1-9(12-14-7-8-15(12)2)16-11-6-4-3-5-10(11)13/h3-9H,13H2,1-2H3. The summed E-state index contributed by atoms with van der Waals surface area (Å²) in [5, 5.41) is 0. The average Bonchev–Trinajstić information content (AvgIpc) is 2.68. The van der Waals surface area contributed by atoms with Crippen LogP contribution in [0.15, 0.2) is 36.7 Å². The summed E-state index contributed by atoms with van der Waals surface area (Å²) in [5.41, 5.74) is 6.45. The second-order valence-electron chi connectivity index (χ2n) is 3.69. The van der Waals surface area contributed by atoms with Gasteiger partial charge in [-0.25, -0.2) is 4.98 Å². The van der Waals surface area contributed by atoms with E-state index in [1.54, 1.807) is 6.20 Å². The van der Waals surface area contributed by atoms with Crippen molar-refractivity contribution < 1.29 is 4.74 Å². The molecule has 4 heteroatoms. The smallest absolute Gasteiger partial charge is 0.153 e. The van der Waals surface area contributed by atoms with Crippen molar-refractivity contribution in [2.24, 2.45) is 7.05 Å². The van der Waals surface area contributed by atoms with E-state index >= 15 is 0 Å². The Bertz CT molecular complexity index is 479. The van der Waals surface area contributed by atoms with Gasteiger partial charge in [0.25, 0.3) is 0 Å². The van der Waals surface area contributed by atoms with Crippen molar-refractivity contribution in [3.05, 3.63) is 42.5 Å². The minimum absolute atomic E-state index is 0.121. The Kier molecular flexibility index (Phi) is 2.81. The van der Waals surface area contributed by atoms with E-state index in [1.165, 1.54) is 0 Å². The van der Waals surface area contributed by atoms with Gasteiger partial charge in [-0.3, -0.25) is 0 Å². The van der Waals surface area contributed by atoms with E-state index in [0.29, 0.717) is 11.4 Å². The molecule has 0 saturated heterocycles. The summed E-state index contributed by atoms with van der Waals surface area (Å²) in [6.45, 7) is 1.95. The number of imidazole rings is 1. The number of hydrogen-bond donors (Lipinski definition) is 1. The fourth-order valence-corrected chi connectivity index (χ4v) is 1.60. The number of rotatable bonds is 3. The third-order valence-electron chi connectivity index (χ3n) is 2.44. The highest BCUT2D eigenvalue weighted by atomic mass is 16.5. The molecule has 2 rings (SSSR count). The molecule has 0 bridgehead atoms. The van der Waals surface area contributed by atoms with Crippen molar-refractivity contribution in [3.63, 3.8) is 0 Å². The summed E-state index contributed by atoms with van der Waals surface area (Å²) in [5.74, 6) is 1.57. The molecule has 1 unspecified atom stereocenters. The lowest BCUT2D eigenvalue weighted by Crippen LogP contribution is -2.10. The highest BCUT2D eigenvalue weighted by Gasteiger charge is 2.12. The van der Waals surface area contributed by atoms with Gasteiger partial charge in [0.2, 0.25) is 0 Å². The van der Waals surface area contributed by atoms with Gasteiger partial charge in [-0.2, -0.15) is 0 Å². The van der Waals surface area contributed by atoms with Crippen LogP contribution in [0.25, 0.3) is 0 Å². The number of hydrogen-bond acceptors (Lipinski definition) is 3. The van der Waals surface area contributed by atoms with E-state index in [-0.39, 0.29) is 6.10 Å². The Labute approximate surface area is 94.7 Å². The van der Waals surface area contributed by atoms with Gasteiger partial charge in [0.1, 0.15) is 11.6 Å². The van der Waals surface area contributed by atoms with Gasteiger partial charge in [-0.15, -0.1) is 0 Å². The van der Waals surface area contributed by atoms with Gasteiger partial charge in [0, 0.05) is 19.4 Å². The molecule has 0 amide bonds. The van der Waals surface area contributed by atoms with Crippen LogP contribution in [0.2, 0.25) is 0 Å². The Morgan fingerprint density at radius 3 is 2.75 bits per heavy atom. The summed E-state index contributed by atoms with van der Waals surface area (Å²) in [4.78, 5) is 4.24. The first-order valence-corrected chi connectivity index (χ1v) is 5.17. The SMILES string of the molecule is CC(Oc1ccccc1N)c1nccn1C. The zero-order valence-electron chi connectivity index (χ0n) is 9.42. The number of aryl methyl sites for hydroxylation is 1. The fourth-order valence-electron chi connectivity index (χ4n) is 1.60. The maximum Gasteiger partial charge on any atom is 0.153 e. The topological polar surface area (TPSA) is 53.1 Å². The molecule has 1 aromatic heterocycles. The predicted octanol–water partition coefficient (Wildman–Crippen LogP) is 2.14. The lowest BCUT2D eigenvalue weighted by molar-refractivity contribution is 0.214. The highest BCUT2D eigenvalue weighted by Crippen LogP contribution is 2.25. The van der Waals surface area contributed by atoms with Crippen LogP contribution in [0, 0.1) is 0 Å². The number of ether oxygens (including phenoxy) is 1. The molecule has 1 aromatic carbocycles. The Morgan fingerprint density at radius 2 is 2.12 bits per heavy atom. The van der Waals surface area contributed by atoms with Crippen LogP contribution in [0.1, 0.15) is 18.9 Å². The summed E-state index contributed by atoms with van der Waals surface area (Å²) in [6.07, 6.45) is 3.53. The normalized spacial score (nSPS) is 12.4. The number of nitrogens with two attached hydrogens (primary N) is 1. The van der Waals surface area contributed by atoms with E-state index in [2.05, 4.69) is 4.98 Å². The van der Waals surface area contributed by atoms with Gasteiger partial charge in [-0.05, 0) is 19.1 Å². The molecule has 0 fully saturated rings. The van der Waals surface area contributed by atoms with Crippen LogP contribution in [-0.2, 0) is 7.05 Å². The molecule has 1 heterocycles. The van der Waals surface area contributed by atoms with Crippen LogP contribution in [0.5, 0.6) is 5.75 Å². The van der Waals surface area contributed by atoms with Crippen molar-refractivity contribution in [1.82, 2.24) is 9.55 Å². The number of para-hydroxylation sites is 2. The third kappa shape index (κ3) is 2.00. The van der Waals surface area contributed by atoms with Crippen LogP contribution in [-0.4, -0.2) is 9.55 Å². The molecule has 0 aliphatic heterocycles. The van der Waals surface area contributed by atoms with Crippen molar-refractivity contribution in [1.29, 1.82) is 0 Å². The van der Waals surface area contributed by atoms with Gasteiger partial charge in [-0.1, -0.05) is 12.1 Å². The molecule has 16 heavy (non-hydrogen) atoms. The Morgan fingerprint density at radius 1 is 1.38 bits per heavy atom. The second kappa shape index (κ2) is 4.26. The maximum absolute atomic E-state index is 5.81. The first-order chi connectivity index (χ1) is 7.68. The second-order valence-corrected chi connectivity index (χ2v) is 3.69. The van der Waals surface area contributed by atoms with Crippen molar-refractivity contribution in [2.45, 2.75) is 13.0 Å². The largest absolute Gasteiger partial charge is 0.481 e. The molecule has 1 atom stereocenters. The monoisotopic (exact) mass is 217 g/mol. The summed E-state index contributed by atoms with van der Waals surface area (Å²) < 4.78 is 7.70. The molecule has 0 aliphatic rings. The molecular formula is C12H15N3O. The van der Waals surface area contributed by atoms with Crippen LogP contribution < -0.4 is 10.5 Å². The lowest BCUT2D eigenvalue weighted by Gasteiger charge is -2.15. The van der Waals surface area contributed by atoms with Crippen molar-refractivity contribution >= 4 is 5.69 Å². The fraction of sp³-hybridized carbons (Fsp3) is 0.250. The number of benzene rings is 1.